The molecule has 9 heteroatoms. The number of hydrogen-bond acceptors (Lipinski definition) is 5. The lowest BCUT2D eigenvalue weighted by molar-refractivity contribution is 0.318. The summed E-state index contributed by atoms with van der Waals surface area (Å²) in [7, 11) is 0. The highest BCUT2D eigenvalue weighted by Gasteiger charge is 2.20. The molecule has 0 aliphatic heterocycles. The molecule has 0 fully saturated rings. The monoisotopic (exact) mass is 329 g/mol. The van der Waals surface area contributed by atoms with Gasteiger partial charge < -0.3 is 9.84 Å². The van der Waals surface area contributed by atoms with Crippen LogP contribution in [0.25, 0.3) is 0 Å². The summed E-state index contributed by atoms with van der Waals surface area (Å²) < 4.78 is 57.7. The lowest BCUT2D eigenvalue weighted by atomic mass is 10.2. The number of nitrogens with one attached hydrogen (secondary N) is 1. The molecule has 0 saturated heterocycles. The number of hydrogen-bond donors (Lipinski definition) is 2. The molecule has 0 bridgehead atoms. The number of anilines is 1. The van der Waals surface area contributed by atoms with Gasteiger partial charge in [-0.05, 0) is 19.1 Å². The zero-order chi connectivity index (χ0) is 17.0. The molecule has 0 radical (unpaired) electrons. The second-order valence-corrected chi connectivity index (χ2v) is 4.19. The Morgan fingerprint density at radius 2 is 1.87 bits per heavy atom. The van der Waals surface area contributed by atoms with Gasteiger partial charge in [0.25, 0.3) is 11.9 Å². The van der Waals surface area contributed by atoms with Crippen LogP contribution in [0, 0.1) is 23.5 Å². The predicted octanol–water partition coefficient (Wildman–Crippen LogP) is 3.19. The summed E-state index contributed by atoms with van der Waals surface area (Å²) in [4.78, 5) is 2.41. The zero-order valence-corrected chi connectivity index (χ0v) is 11.8. The lowest BCUT2D eigenvalue weighted by Crippen LogP contribution is -2.06. The van der Waals surface area contributed by atoms with E-state index in [2.05, 4.69) is 10.1 Å². The summed E-state index contributed by atoms with van der Waals surface area (Å²) in [5.41, 5.74) is 0.871. The third kappa shape index (κ3) is 3.50. The van der Waals surface area contributed by atoms with E-state index in [-0.39, 0.29) is 17.1 Å². The van der Waals surface area contributed by atoms with Crippen LogP contribution in [0.1, 0.15) is 12.5 Å². The van der Waals surface area contributed by atoms with E-state index in [1.165, 1.54) is 12.1 Å². The molecule has 0 amide bonds. The van der Waals surface area contributed by atoms with Gasteiger partial charge in [0.05, 0.1) is 12.8 Å². The summed E-state index contributed by atoms with van der Waals surface area (Å²) in [5.74, 6) is -7.09. The Kier molecular flexibility index (Phi) is 4.99. The van der Waals surface area contributed by atoms with E-state index in [9.17, 15) is 22.7 Å². The number of phenols is 1. The molecular formula is C14H11F4N3O2. The second-order valence-electron chi connectivity index (χ2n) is 4.19. The van der Waals surface area contributed by atoms with Crippen LogP contribution in [0.15, 0.2) is 23.3 Å². The van der Waals surface area contributed by atoms with E-state index in [1.54, 1.807) is 13.0 Å². The van der Waals surface area contributed by atoms with Gasteiger partial charge in [-0.25, -0.2) is 0 Å². The Bertz CT molecular complexity index is 727. The standard InChI is InChI=1S/C14H11F4N3O2/c1-2-23-8-5-3-4-7(12(8)22)6-19-21-11-9(15)13(17)20-14(18)10(11)16/h3-6,22H,2H2,1H3,(H,20,21)/b19-6+. The van der Waals surface area contributed by atoms with Crippen LogP contribution in [0.2, 0.25) is 0 Å². The van der Waals surface area contributed by atoms with E-state index in [4.69, 9.17) is 4.74 Å². The van der Waals surface area contributed by atoms with Crippen LogP contribution in [-0.4, -0.2) is 22.9 Å². The predicted molar refractivity (Wildman–Crippen MR) is 74.6 cm³/mol. The molecule has 2 N–H and O–H groups in total. The fourth-order valence-electron chi connectivity index (χ4n) is 1.67. The third-order valence-electron chi connectivity index (χ3n) is 2.71. The molecule has 0 aliphatic carbocycles. The summed E-state index contributed by atoms with van der Waals surface area (Å²) >= 11 is 0. The first kappa shape index (κ1) is 16.5. The van der Waals surface area contributed by atoms with Gasteiger partial charge in [-0.3, -0.25) is 5.43 Å². The molecule has 0 spiro atoms. The Labute approximate surface area is 128 Å². The van der Waals surface area contributed by atoms with Crippen molar-refractivity contribution in [3.8, 4) is 11.5 Å². The SMILES string of the molecule is CCOc1cccc(/C=N/Nc2c(F)c(F)nc(F)c2F)c1O. The molecule has 5 nitrogen and oxygen atoms in total. The minimum Gasteiger partial charge on any atom is -0.504 e. The number of rotatable bonds is 5. The Morgan fingerprint density at radius 3 is 2.48 bits per heavy atom. The minimum absolute atomic E-state index is 0.166. The van der Waals surface area contributed by atoms with E-state index < -0.39 is 29.2 Å². The zero-order valence-electron chi connectivity index (χ0n) is 11.8. The molecule has 0 aliphatic rings. The van der Waals surface area contributed by atoms with Crippen molar-refractivity contribution in [1.29, 1.82) is 0 Å². The molecule has 1 aromatic heterocycles. The van der Waals surface area contributed by atoms with Crippen molar-refractivity contribution in [3.05, 3.63) is 47.3 Å². The topological polar surface area (TPSA) is 66.7 Å². The van der Waals surface area contributed by atoms with Crippen LogP contribution in [0.4, 0.5) is 23.2 Å². The first-order chi connectivity index (χ1) is 11.0. The molecule has 122 valence electrons. The number of phenolic OH excluding ortho intramolecular Hbond substituents is 1. The number of ether oxygens (including phenoxy) is 1. The van der Waals surface area contributed by atoms with Crippen LogP contribution >= 0.6 is 0 Å². The second kappa shape index (κ2) is 6.95. The maximum atomic E-state index is 13.4. The molecule has 0 saturated carbocycles. The number of hydrazone groups is 1. The van der Waals surface area contributed by atoms with Crippen molar-refractivity contribution in [2.24, 2.45) is 5.10 Å². The van der Waals surface area contributed by atoms with Crippen molar-refractivity contribution in [3.63, 3.8) is 0 Å². The van der Waals surface area contributed by atoms with Gasteiger partial charge in [0.15, 0.2) is 11.5 Å². The van der Waals surface area contributed by atoms with Gasteiger partial charge in [-0.1, -0.05) is 6.07 Å². The molecule has 0 atom stereocenters. The summed E-state index contributed by atoms with van der Waals surface area (Å²) in [6.45, 7) is 2.04. The van der Waals surface area contributed by atoms with E-state index in [1.807, 2.05) is 5.43 Å². The van der Waals surface area contributed by atoms with Crippen LogP contribution in [0.3, 0.4) is 0 Å². The first-order valence-electron chi connectivity index (χ1n) is 6.39. The van der Waals surface area contributed by atoms with Crippen LogP contribution in [0.5, 0.6) is 11.5 Å². The number of benzene rings is 1. The molecule has 2 aromatic rings. The van der Waals surface area contributed by atoms with Crippen molar-refractivity contribution in [1.82, 2.24) is 4.98 Å². The van der Waals surface area contributed by atoms with Gasteiger partial charge in [0.2, 0.25) is 11.6 Å². The number of halogens is 4. The summed E-state index contributed by atoms with van der Waals surface area (Å²) in [5, 5.41) is 13.3. The molecule has 2 rings (SSSR count). The summed E-state index contributed by atoms with van der Waals surface area (Å²) in [6.07, 6.45) is 1.01. The van der Waals surface area contributed by atoms with Crippen LogP contribution < -0.4 is 10.2 Å². The highest BCUT2D eigenvalue weighted by Crippen LogP contribution is 2.28. The van der Waals surface area contributed by atoms with Gasteiger partial charge in [-0.15, -0.1) is 0 Å². The van der Waals surface area contributed by atoms with E-state index in [0.29, 0.717) is 6.61 Å². The quantitative estimate of drug-likeness (QED) is 0.383. The van der Waals surface area contributed by atoms with Crippen molar-refractivity contribution in [2.45, 2.75) is 6.92 Å². The Hall–Kier alpha value is -2.84. The normalized spacial score (nSPS) is 11.0. The average molecular weight is 329 g/mol. The largest absolute Gasteiger partial charge is 0.504 e. The van der Waals surface area contributed by atoms with E-state index in [0.717, 1.165) is 6.21 Å². The number of aromatic nitrogens is 1. The molecular weight excluding hydrogens is 318 g/mol. The smallest absolute Gasteiger partial charge is 0.254 e. The van der Waals surface area contributed by atoms with Gasteiger partial charge in [0, 0.05) is 5.56 Å². The van der Waals surface area contributed by atoms with Gasteiger partial charge in [0.1, 0.15) is 5.69 Å². The average Bonchev–Trinajstić information content (AvgIpc) is 2.52. The minimum atomic E-state index is -1.80. The van der Waals surface area contributed by atoms with Crippen molar-refractivity contribution >= 4 is 11.9 Å². The fourth-order valence-corrected chi connectivity index (χ4v) is 1.67. The lowest BCUT2D eigenvalue weighted by Gasteiger charge is -2.07. The number of nitrogens with zero attached hydrogens (tertiary/aromatic N) is 2. The van der Waals surface area contributed by atoms with Crippen LogP contribution in [-0.2, 0) is 0 Å². The first-order valence-corrected chi connectivity index (χ1v) is 6.39. The molecule has 1 heterocycles. The highest BCUT2D eigenvalue weighted by atomic mass is 19.2. The molecule has 0 unspecified atom stereocenters. The number of para-hydroxylation sites is 1. The van der Waals surface area contributed by atoms with Crippen molar-refractivity contribution < 1.29 is 27.4 Å². The van der Waals surface area contributed by atoms with Gasteiger partial charge in [-0.2, -0.15) is 27.6 Å². The Balaban J connectivity index is 2.25. The maximum Gasteiger partial charge on any atom is 0.254 e. The molecule has 23 heavy (non-hydrogen) atoms. The van der Waals surface area contributed by atoms with Crippen molar-refractivity contribution in [2.75, 3.05) is 12.0 Å². The highest BCUT2D eigenvalue weighted by molar-refractivity contribution is 5.85. The third-order valence-corrected chi connectivity index (χ3v) is 2.71. The fraction of sp³-hybridized carbons (Fsp3) is 0.143. The maximum absolute atomic E-state index is 13.4. The van der Waals surface area contributed by atoms with Gasteiger partial charge >= 0.3 is 0 Å². The van der Waals surface area contributed by atoms with E-state index >= 15 is 0 Å². The Morgan fingerprint density at radius 1 is 1.22 bits per heavy atom. The molecule has 1 aromatic carbocycles. The number of aromatic hydroxyl groups is 1. The number of pyridine rings is 1. The summed E-state index contributed by atoms with van der Waals surface area (Å²) in [6, 6.07) is 4.51.